The fraction of sp³-hybridized carbons (Fsp3) is 0.294. The van der Waals surface area contributed by atoms with Gasteiger partial charge in [0.25, 0.3) is 0 Å². The van der Waals surface area contributed by atoms with Gasteiger partial charge in [-0.25, -0.2) is 9.97 Å². The van der Waals surface area contributed by atoms with Crippen LogP contribution in [0.2, 0.25) is 0 Å². The van der Waals surface area contributed by atoms with Crippen LogP contribution >= 0.6 is 0 Å². The third kappa shape index (κ3) is 2.50. The molecule has 0 spiro atoms. The van der Waals surface area contributed by atoms with Gasteiger partial charge in [-0.15, -0.1) is 0 Å². The normalized spacial score (nSPS) is 10.9. The van der Waals surface area contributed by atoms with Gasteiger partial charge in [0.1, 0.15) is 17.2 Å². The van der Waals surface area contributed by atoms with E-state index in [0.717, 1.165) is 33.9 Å². The molecule has 0 aliphatic rings. The summed E-state index contributed by atoms with van der Waals surface area (Å²) in [7, 11) is 1.68. The van der Waals surface area contributed by atoms with Crippen molar-refractivity contribution in [3.63, 3.8) is 0 Å². The number of nitrogens with zero attached hydrogens (tertiary/aromatic N) is 3. The average Bonchev–Trinajstić information content (AvgIpc) is 3.13. The number of rotatable bonds is 4. The van der Waals surface area contributed by atoms with Crippen molar-refractivity contribution >= 4 is 0 Å². The zero-order valence-corrected chi connectivity index (χ0v) is 13.3. The molecule has 0 saturated heterocycles. The maximum Gasteiger partial charge on any atom is 0.226 e. The maximum absolute atomic E-state index is 5.87. The molecule has 0 unspecified atom stereocenters. The lowest BCUT2D eigenvalue weighted by molar-refractivity contribution is 0.411. The van der Waals surface area contributed by atoms with Crippen molar-refractivity contribution in [2.75, 3.05) is 7.11 Å². The van der Waals surface area contributed by atoms with E-state index >= 15 is 0 Å². The van der Waals surface area contributed by atoms with Crippen molar-refractivity contribution in [3.8, 4) is 17.2 Å². The van der Waals surface area contributed by atoms with E-state index in [9.17, 15) is 0 Å². The lowest BCUT2D eigenvalue weighted by Gasteiger charge is -2.10. The highest BCUT2D eigenvalue weighted by molar-refractivity contribution is 5.63. The fourth-order valence-corrected chi connectivity index (χ4v) is 2.49. The summed E-state index contributed by atoms with van der Waals surface area (Å²) in [5, 5.41) is 0. The lowest BCUT2D eigenvalue weighted by Crippen LogP contribution is -1.98. The Morgan fingerprint density at radius 1 is 1.18 bits per heavy atom. The molecule has 5 nitrogen and oxygen atoms in total. The number of oxazole rings is 1. The number of methoxy groups -OCH3 is 1. The molecule has 22 heavy (non-hydrogen) atoms. The molecule has 2 aromatic heterocycles. The second-order valence-corrected chi connectivity index (χ2v) is 5.32. The molecular weight excluding hydrogens is 278 g/mol. The van der Waals surface area contributed by atoms with Crippen LogP contribution in [0, 0.1) is 20.8 Å². The molecule has 0 bridgehead atoms. The van der Waals surface area contributed by atoms with E-state index in [2.05, 4.69) is 16.9 Å². The monoisotopic (exact) mass is 297 g/mol. The SMILES string of the molecule is COc1ccc(-c2nc(Cn3ccnc3)c(C)o2)c(C)c1C. The van der Waals surface area contributed by atoms with Crippen LogP contribution in [0.15, 0.2) is 35.3 Å². The first-order valence-corrected chi connectivity index (χ1v) is 7.16. The Kier molecular flexibility index (Phi) is 3.71. The van der Waals surface area contributed by atoms with Gasteiger partial charge >= 0.3 is 0 Å². The summed E-state index contributed by atoms with van der Waals surface area (Å²) in [5.41, 5.74) is 4.14. The van der Waals surface area contributed by atoms with Crippen LogP contribution in [0.5, 0.6) is 5.75 Å². The van der Waals surface area contributed by atoms with Crippen molar-refractivity contribution in [1.82, 2.24) is 14.5 Å². The van der Waals surface area contributed by atoms with E-state index in [1.54, 1.807) is 19.6 Å². The Balaban J connectivity index is 1.98. The van der Waals surface area contributed by atoms with Crippen LogP contribution in [0.25, 0.3) is 11.5 Å². The van der Waals surface area contributed by atoms with Crippen LogP contribution in [-0.4, -0.2) is 21.6 Å². The predicted molar refractivity (Wildman–Crippen MR) is 84.0 cm³/mol. The molecule has 0 N–H and O–H groups in total. The third-order valence-corrected chi connectivity index (χ3v) is 3.97. The minimum atomic E-state index is 0.649. The molecule has 2 heterocycles. The Morgan fingerprint density at radius 2 is 2.00 bits per heavy atom. The van der Waals surface area contributed by atoms with Crippen LogP contribution in [0.1, 0.15) is 22.6 Å². The molecule has 0 aliphatic heterocycles. The number of ether oxygens (including phenoxy) is 1. The quantitative estimate of drug-likeness (QED) is 0.739. The maximum atomic E-state index is 5.87. The van der Waals surface area contributed by atoms with Gasteiger partial charge in [-0.05, 0) is 44.0 Å². The second-order valence-electron chi connectivity index (χ2n) is 5.32. The van der Waals surface area contributed by atoms with Crippen molar-refractivity contribution in [1.29, 1.82) is 0 Å². The zero-order chi connectivity index (χ0) is 15.7. The number of benzene rings is 1. The van der Waals surface area contributed by atoms with Crippen molar-refractivity contribution in [2.24, 2.45) is 0 Å². The number of imidazole rings is 1. The summed E-state index contributed by atoms with van der Waals surface area (Å²) < 4.78 is 13.2. The number of aromatic nitrogens is 3. The standard InChI is InChI=1S/C17H19N3O2/c1-11-12(2)16(21-4)6-5-14(11)17-19-15(13(3)22-17)9-20-8-7-18-10-20/h5-8,10H,9H2,1-4H3. The average molecular weight is 297 g/mol. The molecule has 0 aliphatic carbocycles. The first-order valence-electron chi connectivity index (χ1n) is 7.16. The predicted octanol–water partition coefficient (Wildman–Crippen LogP) is 3.52. The third-order valence-electron chi connectivity index (χ3n) is 3.97. The van der Waals surface area contributed by atoms with Gasteiger partial charge in [0.05, 0.1) is 20.0 Å². The van der Waals surface area contributed by atoms with Gasteiger partial charge in [-0.3, -0.25) is 0 Å². The van der Waals surface area contributed by atoms with Gasteiger partial charge in [0, 0.05) is 18.0 Å². The summed E-state index contributed by atoms with van der Waals surface area (Å²) in [4.78, 5) is 8.70. The Morgan fingerprint density at radius 3 is 2.68 bits per heavy atom. The van der Waals surface area contributed by atoms with Crippen LogP contribution in [-0.2, 0) is 6.54 Å². The molecule has 0 atom stereocenters. The van der Waals surface area contributed by atoms with Crippen LogP contribution < -0.4 is 4.74 Å². The number of hydrogen-bond acceptors (Lipinski definition) is 4. The lowest BCUT2D eigenvalue weighted by atomic mass is 10.0. The Hall–Kier alpha value is -2.56. The van der Waals surface area contributed by atoms with Crippen molar-refractivity contribution in [3.05, 3.63) is 53.4 Å². The highest BCUT2D eigenvalue weighted by Gasteiger charge is 2.16. The second kappa shape index (κ2) is 5.67. The van der Waals surface area contributed by atoms with Crippen LogP contribution in [0.4, 0.5) is 0 Å². The van der Waals surface area contributed by atoms with Gasteiger partial charge in [-0.2, -0.15) is 0 Å². The summed E-state index contributed by atoms with van der Waals surface area (Å²) in [6.45, 7) is 6.69. The topological polar surface area (TPSA) is 53.1 Å². The van der Waals surface area contributed by atoms with E-state index in [0.29, 0.717) is 12.4 Å². The summed E-state index contributed by atoms with van der Waals surface area (Å²) in [5.74, 6) is 2.36. The molecule has 3 aromatic rings. The first-order chi connectivity index (χ1) is 10.6. The summed E-state index contributed by atoms with van der Waals surface area (Å²) >= 11 is 0. The van der Waals surface area contributed by atoms with E-state index in [-0.39, 0.29) is 0 Å². The molecule has 114 valence electrons. The van der Waals surface area contributed by atoms with Gasteiger partial charge in [-0.1, -0.05) is 0 Å². The number of hydrogen-bond donors (Lipinski definition) is 0. The van der Waals surface area contributed by atoms with Crippen molar-refractivity contribution in [2.45, 2.75) is 27.3 Å². The molecule has 0 radical (unpaired) electrons. The van der Waals surface area contributed by atoms with E-state index in [1.807, 2.05) is 36.7 Å². The smallest absolute Gasteiger partial charge is 0.226 e. The Bertz CT molecular complexity index is 789. The largest absolute Gasteiger partial charge is 0.496 e. The molecule has 0 fully saturated rings. The highest BCUT2D eigenvalue weighted by Crippen LogP contribution is 2.31. The van der Waals surface area contributed by atoms with Gasteiger partial charge < -0.3 is 13.7 Å². The van der Waals surface area contributed by atoms with Gasteiger partial charge in [0.15, 0.2) is 0 Å². The Labute approximate surface area is 129 Å². The summed E-state index contributed by atoms with van der Waals surface area (Å²) in [6.07, 6.45) is 5.44. The molecule has 0 saturated carbocycles. The number of aryl methyl sites for hydroxylation is 1. The van der Waals surface area contributed by atoms with E-state index < -0.39 is 0 Å². The molecule has 1 aromatic carbocycles. The molecule has 5 heteroatoms. The molecular formula is C17H19N3O2. The minimum absolute atomic E-state index is 0.649. The van der Waals surface area contributed by atoms with Gasteiger partial charge in [0.2, 0.25) is 5.89 Å². The van der Waals surface area contributed by atoms with E-state index in [1.165, 1.54) is 0 Å². The first kappa shape index (κ1) is 14.4. The van der Waals surface area contributed by atoms with Crippen molar-refractivity contribution < 1.29 is 9.15 Å². The fourth-order valence-electron chi connectivity index (χ4n) is 2.49. The highest BCUT2D eigenvalue weighted by atomic mass is 16.5. The minimum Gasteiger partial charge on any atom is -0.496 e. The van der Waals surface area contributed by atoms with E-state index in [4.69, 9.17) is 9.15 Å². The molecule has 0 amide bonds. The summed E-state index contributed by atoms with van der Waals surface area (Å²) in [6, 6.07) is 3.94. The molecule has 3 rings (SSSR count). The van der Waals surface area contributed by atoms with Crippen LogP contribution in [0.3, 0.4) is 0 Å². The zero-order valence-electron chi connectivity index (χ0n) is 13.3.